The van der Waals surface area contributed by atoms with Crippen molar-refractivity contribution in [2.45, 2.75) is 39.2 Å². The Kier molecular flexibility index (Phi) is 4.14. The van der Waals surface area contributed by atoms with Crippen molar-refractivity contribution in [3.63, 3.8) is 0 Å². The van der Waals surface area contributed by atoms with Crippen LogP contribution in [0.15, 0.2) is 18.2 Å². The molecule has 1 fully saturated rings. The molecule has 2 nitrogen and oxygen atoms in total. The maximum absolute atomic E-state index is 8.82. The molecule has 2 rings (SSSR count). The molecule has 0 bridgehead atoms. The van der Waals surface area contributed by atoms with E-state index in [1.54, 1.807) is 12.1 Å². The minimum absolute atomic E-state index is 0.278. The van der Waals surface area contributed by atoms with E-state index >= 15 is 0 Å². The van der Waals surface area contributed by atoms with Crippen molar-refractivity contribution in [1.82, 2.24) is 0 Å². The number of halogens is 1. The van der Waals surface area contributed by atoms with Crippen LogP contribution in [0.5, 0.6) is 5.75 Å². The van der Waals surface area contributed by atoms with Gasteiger partial charge in [0.05, 0.1) is 16.7 Å². The van der Waals surface area contributed by atoms with Gasteiger partial charge in [-0.3, -0.25) is 0 Å². The second-order valence-electron chi connectivity index (χ2n) is 5.26. The molecule has 3 unspecified atom stereocenters. The van der Waals surface area contributed by atoms with E-state index in [4.69, 9.17) is 21.6 Å². The molecule has 1 aliphatic rings. The van der Waals surface area contributed by atoms with Gasteiger partial charge in [-0.05, 0) is 43.2 Å². The van der Waals surface area contributed by atoms with Crippen LogP contribution in [0.4, 0.5) is 0 Å². The summed E-state index contributed by atoms with van der Waals surface area (Å²) in [6.07, 6.45) is 3.69. The average molecular weight is 264 g/mol. The normalized spacial score (nSPS) is 27.6. The fraction of sp³-hybridized carbons (Fsp3) is 0.533. The number of hydrogen-bond donors (Lipinski definition) is 0. The van der Waals surface area contributed by atoms with E-state index in [1.165, 1.54) is 6.42 Å². The molecule has 3 heteroatoms. The smallest absolute Gasteiger partial charge is 0.121 e. The SMILES string of the molecule is CC1CCC(Oc2ccc(C#N)c(Cl)c2)CC1C. The summed E-state index contributed by atoms with van der Waals surface area (Å²) in [6.45, 7) is 4.59. The van der Waals surface area contributed by atoms with Crippen molar-refractivity contribution >= 4 is 11.6 Å². The minimum atomic E-state index is 0.278. The van der Waals surface area contributed by atoms with E-state index in [9.17, 15) is 0 Å². The Labute approximate surface area is 114 Å². The van der Waals surface area contributed by atoms with Gasteiger partial charge in [-0.15, -0.1) is 0 Å². The van der Waals surface area contributed by atoms with Crippen LogP contribution in [0.25, 0.3) is 0 Å². The second kappa shape index (κ2) is 5.63. The predicted molar refractivity (Wildman–Crippen MR) is 72.8 cm³/mol. The van der Waals surface area contributed by atoms with Crippen molar-refractivity contribution in [3.05, 3.63) is 28.8 Å². The first-order valence-corrected chi connectivity index (χ1v) is 6.84. The Hall–Kier alpha value is -1.20. The van der Waals surface area contributed by atoms with Gasteiger partial charge in [-0.1, -0.05) is 25.4 Å². The minimum Gasteiger partial charge on any atom is -0.490 e. The third kappa shape index (κ3) is 2.97. The first kappa shape index (κ1) is 13.2. The molecule has 1 saturated carbocycles. The maximum atomic E-state index is 8.82. The van der Waals surface area contributed by atoms with Gasteiger partial charge in [0, 0.05) is 6.07 Å². The van der Waals surface area contributed by atoms with Crippen LogP contribution in [-0.4, -0.2) is 6.10 Å². The lowest BCUT2D eigenvalue weighted by atomic mass is 9.80. The molecule has 0 radical (unpaired) electrons. The number of hydrogen-bond acceptors (Lipinski definition) is 2. The third-order valence-electron chi connectivity index (χ3n) is 3.91. The third-order valence-corrected chi connectivity index (χ3v) is 4.23. The summed E-state index contributed by atoms with van der Waals surface area (Å²) in [5, 5.41) is 9.28. The van der Waals surface area contributed by atoms with Crippen molar-refractivity contribution < 1.29 is 4.74 Å². The van der Waals surface area contributed by atoms with Gasteiger partial charge < -0.3 is 4.74 Å². The molecule has 0 spiro atoms. The van der Waals surface area contributed by atoms with Crippen molar-refractivity contribution in [1.29, 1.82) is 5.26 Å². The van der Waals surface area contributed by atoms with Crippen LogP contribution in [0.1, 0.15) is 38.7 Å². The van der Waals surface area contributed by atoms with Gasteiger partial charge in [-0.25, -0.2) is 0 Å². The summed E-state index contributed by atoms with van der Waals surface area (Å²) >= 11 is 6.00. The first-order chi connectivity index (χ1) is 8.60. The Morgan fingerprint density at radius 2 is 2.06 bits per heavy atom. The summed E-state index contributed by atoms with van der Waals surface area (Å²) in [7, 11) is 0. The van der Waals surface area contributed by atoms with Crippen LogP contribution < -0.4 is 4.74 Å². The predicted octanol–water partition coefficient (Wildman–Crippen LogP) is 4.42. The Bertz CT molecular complexity index is 466. The highest BCUT2D eigenvalue weighted by molar-refractivity contribution is 6.31. The molecular formula is C15H18ClNO. The van der Waals surface area contributed by atoms with Crippen molar-refractivity contribution in [2.75, 3.05) is 0 Å². The van der Waals surface area contributed by atoms with Crippen LogP contribution in [0.3, 0.4) is 0 Å². The fourth-order valence-corrected chi connectivity index (χ4v) is 2.67. The number of nitrogens with zero attached hydrogens (tertiary/aromatic N) is 1. The van der Waals surface area contributed by atoms with E-state index in [0.29, 0.717) is 16.5 Å². The summed E-state index contributed by atoms with van der Waals surface area (Å²) in [5.74, 6) is 2.26. The second-order valence-corrected chi connectivity index (χ2v) is 5.67. The largest absolute Gasteiger partial charge is 0.490 e. The molecule has 0 saturated heterocycles. The zero-order valence-electron chi connectivity index (χ0n) is 10.8. The molecule has 0 aromatic heterocycles. The van der Waals surface area contributed by atoms with Crippen molar-refractivity contribution in [3.8, 4) is 11.8 Å². The monoisotopic (exact) mass is 263 g/mol. The molecule has 1 aliphatic carbocycles. The molecule has 18 heavy (non-hydrogen) atoms. The van der Waals surface area contributed by atoms with Gasteiger partial charge in [0.1, 0.15) is 11.8 Å². The summed E-state index contributed by atoms with van der Waals surface area (Å²) in [6, 6.07) is 7.33. The Balaban J connectivity index is 2.02. The molecule has 0 amide bonds. The number of benzene rings is 1. The van der Waals surface area contributed by atoms with E-state index in [0.717, 1.165) is 24.5 Å². The summed E-state index contributed by atoms with van der Waals surface area (Å²) in [5.41, 5.74) is 0.495. The highest BCUT2D eigenvalue weighted by atomic mass is 35.5. The average Bonchev–Trinajstić information content (AvgIpc) is 2.34. The number of nitriles is 1. The van der Waals surface area contributed by atoms with E-state index in [2.05, 4.69) is 19.9 Å². The highest BCUT2D eigenvalue weighted by Gasteiger charge is 2.25. The van der Waals surface area contributed by atoms with E-state index in [1.807, 2.05) is 6.07 Å². The number of rotatable bonds is 2. The fourth-order valence-electron chi connectivity index (χ4n) is 2.46. The highest BCUT2D eigenvalue weighted by Crippen LogP contribution is 2.32. The van der Waals surface area contributed by atoms with Crippen LogP contribution >= 0.6 is 11.6 Å². The zero-order chi connectivity index (χ0) is 13.1. The molecule has 3 atom stereocenters. The molecule has 0 aliphatic heterocycles. The van der Waals surface area contributed by atoms with Crippen molar-refractivity contribution in [2.24, 2.45) is 11.8 Å². The van der Waals surface area contributed by atoms with Gasteiger partial charge in [0.15, 0.2) is 0 Å². The molecule has 1 aromatic rings. The van der Waals surface area contributed by atoms with Gasteiger partial charge in [0.2, 0.25) is 0 Å². The molecule has 0 heterocycles. The van der Waals surface area contributed by atoms with E-state index in [-0.39, 0.29) is 6.10 Å². The Morgan fingerprint density at radius 1 is 1.28 bits per heavy atom. The lowest BCUT2D eigenvalue weighted by Gasteiger charge is -2.32. The molecule has 0 N–H and O–H groups in total. The van der Waals surface area contributed by atoms with Crippen LogP contribution in [-0.2, 0) is 0 Å². The zero-order valence-corrected chi connectivity index (χ0v) is 11.6. The lowest BCUT2D eigenvalue weighted by Crippen LogP contribution is -2.28. The molecule has 96 valence electrons. The number of ether oxygens (including phenoxy) is 1. The van der Waals surface area contributed by atoms with Gasteiger partial charge in [-0.2, -0.15) is 5.26 Å². The molecule has 1 aromatic carbocycles. The Morgan fingerprint density at radius 3 is 2.67 bits per heavy atom. The van der Waals surface area contributed by atoms with Gasteiger partial charge in [0.25, 0.3) is 0 Å². The molecular weight excluding hydrogens is 246 g/mol. The van der Waals surface area contributed by atoms with Crippen LogP contribution in [0, 0.1) is 23.2 Å². The summed E-state index contributed by atoms with van der Waals surface area (Å²) < 4.78 is 5.96. The van der Waals surface area contributed by atoms with Crippen LogP contribution in [0.2, 0.25) is 5.02 Å². The lowest BCUT2D eigenvalue weighted by molar-refractivity contribution is 0.101. The first-order valence-electron chi connectivity index (χ1n) is 6.46. The quantitative estimate of drug-likeness (QED) is 0.792. The standard InChI is InChI=1S/C15H18ClNO/c1-10-3-5-13(7-11(10)2)18-14-6-4-12(9-17)15(16)8-14/h4,6,8,10-11,13H,3,5,7H2,1-2H3. The topological polar surface area (TPSA) is 33.0 Å². The maximum Gasteiger partial charge on any atom is 0.121 e. The summed E-state index contributed by atoms with van der Waals surface area (Å²) in [4.78, 5) is 0. The van der Waals surface area contributed by atoms with Gasteiger partial charge >= 0.3 is 0 Å². The van der Waals surface area contributed by atoms with E-state index < -0.39 is 0 Å².